The Morgan fingerprint density at radius 3 is 2.22 bits per heavy atom. The third kappa shape index (κ3) is 3.29. The zero-order valence-corrected chi connectivity index (χ0v) is 12.1. The Balaban J connectivity index is 1.78. The highest BCUT2D eigenvalue weighted by molar-refractivity contribution is 6.04. The quantitative estimate of drug-likeness (QED) is 0.775. The number of amides is 1. The number of rotatable bonds is 4. The molecule has 23 heavy (non-hydrogen) atoms. The maximum atomic E-state index is 12.3. The molecule has 3 aromatic rings. The minimum atomic E-state index is -0.998. The van der Waals surface area contributed by atoms with Gasteiger partial charge in [-0.25, -0.2) is 4.79 Å². The van der Waals surface area contributed by atoms with Crippen LogP contribution in [0.1, 0.15) is 20.7 Å². The first kappa shape index (κ1) is 14.6. The molecule has 0 bridgehead atoms. The molecule has 0 fully saturated rings. The molecule has 2 N–H and O–H groups in total. The number of nitrogens with zero attached hydrogens (tertiary/aromatic N) is 1. The Hall–Kier alpha value is -3.34. The van der Waals surface area contributed by atoms with Crippen molar-refractivity contribution in [1.82, 2.24) is 4.57 Å². The Labute approximate surface area is 132 Å². The van der Waals surface area contributed by atoms with E-state index in [1.807, 2.05) is 41.2 Å². The van der Waals surface area contributed by atoms with E-state index in [9.17, 15) is 9.59 Å². The van der Waals surface area contributed by atoms with Crippen LogP contribution in [-0.4, -0.2) is 21.6 Å². The normalized spacial score (nSPS) is 10.3. The Kier molecular flexibility index (Phi) is 3.93. The minimum Gasteiger partial charge on any atom is -0.478 e. The van der Waals surface area contributed by atoms with Gasteiger partial charge in [-0.1, -0.05) is 6.07 Å². The van der Waals surface area contributed by atoms with Crippen molar-refractivity contribution in [3.8, 4) is 5.69 Å². The van der Waals surface area contributed by atoms with Crippen LogP contribution in [0, 0.1) is 0 Å². The van der Waals surface area contributed by atoms with Crippen molar-refractivity contribution >= 4 is 17.6 Å². The van der Waals surface area contributed by atoms with Crippen LogP contribution in [0.5, 0.6) is 0 Å². The fraction of sp³-hybridized carbons (Fsp3) is 0. The first-order valence-corrected chi connectivity index (χ1v) is 7.01. The molecule has 5 nitrogen and oxygen atoms in total. The standard InChI is InChI=1S/C18H14N2O3/c21-17(19-15-8-6-13(7-9-15)18(22)23)14-4-3-5-16(12-14)20-10-1-2-11-20/h1-12H,(H,19,21)(H,22,23). The molecule has 0 radical (unpaired) electrons. The van der Waals surface area contributed by atoms with Crippen LogP contribution in [0.3, 0.4) is 0 Å². The van der Waals surface area contributed by atoms with Crippen LogP contribution in [0.4, 0.5) is 5.69 Å². The molecule has 0 aliphatic carbocycles. The second-order valence-electron chi connectivity index (χ2n) is 4.98. The van der Waals surface area contributed by atoms with Gasteiger partial charge in [0.05, 0.1) is 5.56 Å². The molecule has 2 aromatic carbocycles. The van der Waals surface area contributed by atoms with Crippen molar-refractivity contribution in [2.24, 2.45) is 0 Å². The second kappa shape index (κ2) is 6.19. The summed E-state index contributed by atoms with van der Waals surface area (Å²) in [7, 11) is 0. The predicted octanol–water partition coefficient (Wildman–Crippen LogP) is 3.43. The molecule has 1 heterocycles. The van der Waals surface area contributed by atoms with E-state index < -0.39 is 5.97 Å². The Bertz CT molecular complexity index is 837. The summed E-state index contributed by atoms with van der Waals surface area (Å²) in [6, 6.07) is 17.1. The first-order chi connectivity index (χ1) is 11.1. The van der Waals surface area contributed by atoms with E-state index in [1.54, 1.807) is 24.3 Å². The van der Waals surface area contributed by atoms with Gasteiger partial charge in [0.1, 0.15) is 0 Å². The van der Waals surface area contributed by atoms with Crippen molar-refractivity contribution in [3.05, 3.63) is 84.2 Å². The zero-order chi connectivity index (χ0) is 16.2. The number of aromatic nitrogens is 1. The summed E-state index contributed by atoms with van der Waals surface area (Å²) in [6.07, 6.45) is 3.81. The van der Waals surface area contributed by atoms with Gasteiger partial charge in [-0.15, -0.1) is 0 Å². The molecule has 3 rings (SSSR count). The number of carboxylic acids is 1. The topological polar surface area (TPSA) is 71.3 Å². The maximum Gasteiger partial charge on any atom is 0.335 e. The van der Waals surface area contributed by atoms with Crippen molar-refractivity contribution in [2.45, 2.75) is 0 Å². The summed E-state index contributed by atoms with van der Waals surface area (Å²) >= 11 is 0. The van der Waals surface area contributed by atoms with Crippen molar-refractivity contribution < 1.29 is 14.7 Å². The van der Waals surface area contributed by atoms with Gasteiger partial charge in [0.25, 0.3) is 5.91 Å². The summed E-state index contributed by atoms with van der Waals surface area (Å²) in [5, 5.41) is 11.6. The van der Waals surface area contributed by atoms with Crippen LogP contribution >= 0.6 is 0 Å². The molecule has 114 valence electrons. The fourth-order valence-corrected chi connectivity index (χ4v) is 2.21. The molecule has 5 heteroatoms. The zero-order valence-electron chi connectivity index (χ0n) is 12.1. The average Bonchev–Trinajstić information content (AvgIpc) is 3.10. The molecular weight excluding hydrogens is 292 g/mol. The smallest absolute Gasteiger partial charge is 0.335 e. The lowest BCUT2D eigenvalue weighted by atomic mass is 10.1. The second-order valence-corrected chi connectivity index (χ2v) is 4.98. The Morgan fingerprint density at radius 2 is 1.57 bits per heavy atom. The summed E-state index contributed by atoms with van der Waals surface area (Å²) in [5.74, 6) is -1.25. The summed E-state index contributed by atoms with van der Waals surface area (Å²) < 4.78 is 1.92. The van der Waals surface area contributed by atoms with Gasteiger partial charge in [0, 0.05) is 29.3 Å². The number of carbonyl (C=O) groups excluding carboxylic acids is 1. The van der Waals surface area contributed by atoms with E-state index >= 15 is 0 Å². The predicted molar refractivity (Wildman–Crippen MR) is 87.1 cm³/mol. The molecule has 0 aliphatic heterocycles. The average molecular weight is 306 g/mol. The molecule has 0 spiro atoms. The van der Waals surface area contributed by atoms with Gasteiger partial charge >= 0.3 is 5.97 Å². The number of aromatic carboxylic acids is 1. The van der Waals surface area contributed by atoms with Gasteiger partial charge in [0.2, 0.25) is 0 Å². The number of nitrogens with one attached hydrogen (secondary N) is 1. The molecule has 0 saturated carbocycles. The third-order valence-corrected chi connectivity index (χ3v) is 3.40. The molecular formula is C18H14N2O3. The molecule has 1 aromatic heterocycles. The molecule has 0 unspecified atom stereocenters. The van der Waals surface area contributed by atoms with Crippen LogP contribution in [0.2, 0.25) is 0 Å². The van der Waals surface area contributed by atoms with Crippen LogP contribution < -0.4 is 5.32 Å². The first-order valence-electron chi connectivity index (χ1n) is 7.01. The van der Waals surface area contributed by atoms with E-state index in [-0.39, 0.29) is 11.5 Å². The highest BCUT2D eigenvalue weighted by Gasteiger charge is 2.08. The maximum absolute atomic E-state index is 12.3. The molecule has 0 saturated heterocycles. The third-order valence-electron chi connectivity index (χ3n) is 3.40. The molecule has 0 atom stereocenters. The van der Waals surface area contributed by atoms with Gasteiger partial charge in [-0.2, -0.15) is 0 Å². The van der Waals surface area contributed by atoms with Gasteiger partial charge in [-0.3, -0.25) is 4.79 Å². The largest absolute Gasteiger partial charge is 0.478 e. The number of benzene rings is 2. The van der Waals surface area contributed by atoms with Crippen molar-refractivity contribution in [3.63, 3.8) is 0 Å². The summed E-state index contributed by atoms with van der Waals surface area (Å²) in [5.41, 5.74) is 2.14. The number of carbonyl (C=O) groups is 2. The van der Waals surface area contributed by atoms with Gasteiger partial charge in [0.15, 0.2) is 0 Å². The van der Waals surface area contributed by atoms with Crippen LogP contribution in [-0.2, 0) is 0 Å². The highest BCUT2D eigenvalue weighted by Crippen LogP contribution is 2.14. The lowest BCUT2D eigenvalue weighted by molar-refractivity contribution is 0.0696. The van der Waals surface area contributed by atoms with E-state index in [2.05, 4.69) is 5.32 Å². The fourth-order valence-electron chi connectivity index (χ4n) is 2.21. The van der Waals surface area contributed by atoms with Crippen molar-refractivity contribution in [1.29, 1.82) is 0 Å². The lowest BCUT2D eigenvalue weighted by Gasteiger charge is -2.08. The van der Waals surface area contributed by atoms with E-state index in [4.69, 9.17) is 5.11 Å². The molecule has 0 aliphatic rings. The van der Waals surface area contributed by atoms with Crippen LogP contribution in [0.25, 0.3) is 5.69 Å². The van der Waals surface area contributed by atoms with E-state index in [1.165, 1.54) is 12.1 Å². The van der Waals surface area contributed by atoms with Crippen molar-refractivity contribution in [2.75, 3.05) is 5.32 Å². The SMILES string of the molecule is O=C(O)c1ccc(NC(=O)c2cccc(-n3cccc3)c2)cc1. The van der Waals surface area contributed by atoms with Crippen LogP contribution in [0.15, 0.2) is 73.1 Å². The van der Waals surface area contributed by atoms with E-state index in [0.29, 0.717) is 11.3 Å². The highest BCUT2D eigenvalue weighted by atomic mass is 16.4. The number of hydrogen-bond acceptors (Lipinski definition) is 2. The molecule has 1 amide bonds. The van der Waals surface area contributed by atoms with Gasteiger partial charge in [-0.05, 0) is 54.6 Å². The lowest BCUT2D eigenvalue weighted by Crippen LogP contribution is -2.12. The summed E-state index contributed by atoms with van der Waals surface area (Å²) in [4.78, 5) is 23.1. The Morgan fingerprint density at radius 1 is 0.870 bits per heavy atom. The monoisotopic (exact) mass is 306 g/mol. The number of hydrogen-bond donors (Lipinski definition) is 2. The van der Waals surface area contributed by atoms with E-state index in [0.717, 1.165) is 5.69 Å². The summed E-state index contributed by atoms with van der Waals surface area (Å²) in [6.45, 7) is 0. The number of anilines is 1. The van der Waals surface area contributed by atoms with Gasteiger partial charge < -0.3 is 15.0 Å². The number of carboxylic acid groups (broad SMARTS) is 1. The minimum absolute atomic E-state index is 0.178.